The Labute approximate surface area is 99.9 Å². The van der Waals surface area contributed by atoms with Crippen molar-refractivity contribution in [1.82, 2.24) is 4.90 Å². The molecule has 17 heavy (non-hydrogen) atoms. The minimum Gasteiger partial charge on any atom is -0.489 e. The minimum atomic E-state index is -0.439. The number of rotatable bonds is 1. The molecule has 0 saturated heterocycles. The van der Waals surface area contributed by atoms with Gasteiger partial charge in [-0.3, -0.25) is 0 Å². The molecule has 0 fully saturated rings. The summed E-state index contributed by atoms with van der Waals surface area (Å²) in [6, 6.07) is 5.26. The molecule has 0 atom stereocenters. The molecule has 0 spiro atoms. The van der Waals surface area contributed by atoms with Crippen LogP contribution < -0.4 is 14.2 Å². The molecule has 1 aromatic rings. The molecule has 1 heterocycles. The first-order valence-corrected chi connectivity index (χ1v) is 5.46. The van der Waals surface area contributed by atoms with Gasteiger partial charge in [0.15, 0.2) is 11.5 Å². The third-order valence-corrected chi connectivity index (χ3v) is 2.30. The zero-order valence-electron chi connectivity index (χ0n) is 9.93. The van der Waals surface area contributed by atoms with Crippen molar-refractivity contribution in [3.63, 3.8) is 0 Å². The summed E-state index contributed by atoms with van der Waals surface area (Å²) in [5, 5.41) is 0. The first kappa shape index (κ1) is 11.6. The second-order valence-corrected chi connectivity index (χ2v) is 3.90. The van der Waals surface area contributed by atoms with E-state index in [1.54, 1.807) is 32.3 Å². The molecule has 0 N–H and O–H groups in total. The van der Waals surface area contributed by atoms with E-state index in [2.05, 4.69) is 0 Å². The summed E-state index contributed by atoms with van der Waals surface area (Å²) in [5.41, 5.74) is 0. The molecule has 1 aliphatic heterocycles. The van der Waals surface area contributed by atoms with E-state index in [9.17, 15) is 4.79 Å². The van der Waals surface area contributed by atoms with Crippen LogP contribution in [0.15, 0.2) is 18.2 Å². The standard InChI is InChI=1S/C12H15NO4/c1-13(2)12(14)17-10-6-3-5-9-11(10)16-8-4-7-15-9/h3,5-6H,4,7-8H2,1-2H3. The first-order valence-electron chi connectivity index (χ1n) is 5.46. The maximum atomic E-state index is 11.5. The maximum Gasteiger partial charge on any atom is 0.414 e. The van der Waals surface area contributed by atoms with Gasteiger partial charge >= 0.3 is 6.09 Å². The Morgan fingerprint density at radius 3 is 2.82 bits per heavy atom. The molecule has 92 valence electrons. The topological polar surface area (TPSA) is 48.0 Å². The van der Waals surface area contributed by atoms with Crippen molar-refractivity contribution in [2.45, 2.75) is 6.42 Å². The minimum absolute atomic E-state index is 0.392. The molecule has 1 aliphatic rings. The lowest BCUT2D eigenvalue weighted by Gasteiger charge is -2.14. The summed E-state index contributed by atoms with van der Waals surface area (Å²) in [6.07, 6.45) is 0.377. The molecule has 1 amide bonds. The van der Waals surface area contributed by atoms with Gasteiger partial charge in [-0.2, -0.15) is 0 Å². The normalized spacial score (nSPS) is 13.8. The fourth-order valence-electron chi connectivity index (χ4n) is 1.43. The highest BCUT2D eigenvalue weighted by molar-refractivity contribution is 5.71. The molecule has 5 heteroatoms. The Morgan fingerprint density at radius 1 is 1.29 bits per heavy atom. The molecule has 0 bridgehead atoms. The number of fused-ring (bicyclic) bond motifs is 1. The summed E-state index contributed by atoms with van der Waals surface area (Å²) in [5.74, 6) is 1.51. The lowest BCUT2D eigenvalue weighted by atomic mass is 10.3. The predicted octanol–water partition coefficient (Wildman–Crippen LogP) is 1.91. The largest absolute Gasteiger partial charge is 0.489 e. The van der Waals surface area contributed by atoms with Crippen LogP contribution in [0.4, 0.5) is 4.79 Å². The van der Waals surface area contributed by atoms with E-state index in [0.717, 1.165) is 6.42 Å². The van der Waals surface area contributed by atoms with Crippen molar-refractivity contribution >= 4 is 6.09 Å². The quantitative estimate of drug-likeness (QED) is 0.748. The average Bonchev–Trinajstić information content (AvgIpc) is 2.54. The van der Waals surface area contributed by atoms with Crippen LogP contribution >= 0.6 is 0 Å². The average molecular weight is 237 g/mol. The van der Waals surface area contributed by atoms with Crippen LogP contribution in [0.25, 0.3) is 0 Å². The van der Waals surface area contributed by atoms with Gasteiger partial charge in [0.2, 0.25) is 5.75 Å². The highest BCUT2D eigenvalue weighted by atomic mass is 16.6. The lowest BCUT2D eigenvalue weighted by Crippen LogP contribution is -2.25. The Balaban J connectivity index is 2.25. The Morgan fingerprint density at radius 2 is 2.06 bits per heavy atom. The zero-order chi connectivity index (χ0) is 12.3. The van der Waals surface area contributed by atoms with E-state index >= 15 is 0 Å². The highest BCUT2D eigenvalue weighted by Crippen LogP contribution is 2.38. The van der Waals surface area contributed by atoms with Crippen LogP contribution in [0.1, 0.15) is 6.42 Å². The summed E-state index contributed by atoms with van der Waals surface area (Å²) in [4.78, 5) is 12.8. The number of hydrogen-bond donors (Lipinski definition) is 0. The fourth-order valence-corrected chi connectivity index (χ4v) is 1.43. The second-order valence-electron chi connectivity index (χ2n) is 3.90. The number of benzene rings is 1. The number of carbonyl (C=O) groups excluding carboxylic acids is 1. The van der Waals surface area contributed by atoms with E-state index in [4.69, 9.17) is 14.2 Å². The summed E-state index contributed by atoms with van der Waals surface area (Å²) in [6.45, 7) is 1.17. The van der Waals surface area contributed by atoms with Crippen LogP contribution in [-0.4, -0.2) is 38.3 Å². The molecule has 0 saturated carbocycles. The van der Waals surface area contributed by atoms with Crippen molar-refractivity contribution in [3.8, 4) is 17.2 Å². The van der Waals surface area contributed by atoms with Gasteiger partial charge in [-0.15, -0.1) is 0 Å². The summed E-state index contributed by atoms with van der Waals surface area (Å²) >= 11 is 0. The maximum absolute atomic E-state index is 11.5. The van der Waals surface area contributed by atoms with Gasteiger partial charge < -0.3 is 19.1 Å². The molecular weight excluding hydrogens is 222 g/mol. The van der Waals surface area contributed by atoms with Crippen molar-refractivity contribution in [1.29, 1.82) is 0 Å². The van der Waals surface area contributed by atoms with Crippen LogP contribution in [0, 0.1) is 0 Å². The molecule has 0 aromatic heterocycles. The Kier molecular flexibility index (Phi) is 3.37. The van der Waals surface area contributed by atoms with Gasteiger partial charge in [0.05, 0.1) is 13.2 Å². The Hall–Kier alpha value is -1.91. The van der Waals surface area contributed by atoms with Crippen LogP contribution in [-0.2, 0) is 0 Å². The number of hydrogen-bond acceptors (Lipinski definition) is 4. The van der Waals surface area contributed by atoms with Crippen molar-refractivity contribution < 1.29 is 19.0 Å². The number of nitrogens with zero attached hydrogens (tertiary/aromatic N) is 1. The fraction of sp³-hybridized carbons (Fsp3) is 0.417. The van der Waals surface area contributed by atoms with E-state index in [-0.39, 0.29) is 0 Å². The van der Waals surface area contributed by atoms with Gasteiger partial charge in [0.25, 0.3) is 0 Å². The van der Waals surface area contributed by atoms with Crippen molar-refractivity contribution in [2.24, 2.45) is 0 Å². The molecule has 0 unspecified atom stereocenters. The predicted molar refractivity (Wildman–Crippen MR) is 61.8 cm³/mol. The summed E-state index contributed by atoms with van der Waals surface area (Å²) in [7, 11) is 3.25. The van der Waals surface area contributed by atoms with Gasteiger partial charge in [0, 0.05) is 20.5 Å². The third-order valence-electron chi connectivity index (χ3n) is 2.30. The number of para-hydroxylation sites is 1. The van der Waals surface area contributed by atoms with E-state index in [1.165, 1.54) is 4.90 Å². The molecule has 0 aliphatic carbocycles. The van der Waals surface area contributed by atoms with Crippen molar-refractivity contribution in [2.75, 3.05) is 27.3 Å². The monoisotopic (exact) mass is 237 g/mol. The molecule has 0 radical (unpaired) electrons. The van der Waals surface area contributed by atoms with Crippen LogP contribution in [0.2, 0.25) is 0 Å². The molecule has 1 aromatic carbocycles. The van der Waals surface area contributed by atoms with Gasteiger partial charge in [-0.1, -0.05) is 6.07 Å². The van der Waals surface area contributed by atoms with Crippen LogP contribution in [0.5, 0.6) is 17.2 Å². The number of amides is 1. The smallest absolute Gasteiger partial charge is 0.414 e. The number of ether oxygens (including phenoxy) is 3. The SMILES string of the molecule is CN(C)C(=O)Oc1cccc2c1OCCCO2. The molecule has 5 nitrogen and oxygen atoms in total. The second kappa shape index (κ2) is 4.95. The van der Waals surface area contributed by atoms with E-state index in [1.807, 2.05) is 0 Å². The molecule has 2 rings (SSSR count). The van der Waals surface area contributed by atoms with E-state index < -0.39 is 6.09 Å². The number of carbonyl (C=O) groups is 1. The third kappa shape index (κ3) is 2.61. The van der Waals surface area contributed by atoms with Gasteiger partial charge in [-0.05, 0) is 12.1 Å². The van der Waals surface area contributed by atoms with Crippen LogP contribution in [0.3, 0.4) is 0 Å². The highest BCUT2D eigenvalue weighted by Gasteiger charge is 2.18. The van der Waals surface area contributed by atoms with Gasteiger partial charge in [-0.25, -0.2) is 4.79 Å². The lowest BCUT2D eigenvalue weighted by molar-refractivity contribution is 0.169. The van der Waals surface area contributed by atoms with Gasteiger partial charge in [0.1, 0.15) is 0 Å². The summed E-state index contributed by atoms with van der Waals surface area (Å²) < 4.78 is 16.3. The van der Waals surface area contributed by atoms with E-state index in [0.29, 0.717) is 30.5 Å². The zero-order valence-corrected chi connectivity index (χ0v) is 9.93. The molecular formula is C12H15NO4. The van der Waals surface area contributed by atoms with Crippen molar-refractivity contribution in [3.05, 3.63) is 18.2 Å². The first-order chi connectivity index (χ1) is 8.18. The Bertz CT molecular complexity index is 417.